The van der Waals surface area contributed by atoms with Crippen LogP contribution >= 0.6 is 0 Å². The molecule has 0 spiro atoms. The molecule has 14 nitrogen and oxygen atoms in total. The minimum atomic E-state index is -0.463. The molecule has 1 aliphatic carbocycles. The number of carbonyl (C=O) groups excluding carboxylic acids is 6. The van der Waals surface area contributed by atoms with E-state index in [-0.39, 0.29) is 23.9 Å². The van der Waals surface area contributed by atoms with Crippen LogP contribution < -0.4 is 14.2 Å². The average Bonchev–Trinajstić information content (AvgIpc) is 3.42. The molecule has 0 bridgehead atoms. The average molecular weight is 1050 g/mol. The number of carbonyl (C=O) groups is 6. The molecule has 3 aromatic carbocycles. The van der Waals surface area contributed by atoms with Gasteiger partial charge in [-0.3, -0.25) is 9.59 Å². The largest absolute Gasteiger partial charge is 0.494 e. The predicted molar refractivity (Wildman–Crippen MR) is 292 cm³/mol. The van der Waals surface area contributed by atoms with E-state index in [2.05, 4.69) is 13.2 Å². The predicted octanol–water partition coefficient (Wildman–Crippen LogP) is 13.7. The molecule has 0 fully saturated rings. The van der Waals surface area contributed by atoms with Crippen LogP contribution in [0.4, 0.5) is 0 Å². The Bertz CT molecular complexity index is 2340. The molecule has 0 saturated carbocycles. The van der Waals surface area contributed by atoms with Crippen LogP contribution in [0.15, 0.2) is 115 Å². The van der Waals surface area contributed by atoms with Crippen molar-refractivity contribution in [1.82, 2.24) is 0 Å². The maximum absolute atomic E-state index is 12.9. The van der Waals surface area contributed by atoms with Gasteiger partial charge < -0.3 is 37.9 Å². The van der Waals surface area contributed by atoms with Crippen molar-refractivity contribution in [1.29, 1.82) is 0 Å². The monoisotopic (exact) mass is 1050 g/mol. The summed E-state index contributed by atoms with van der Waals surface area (Å²) >= 11 is 0. The molecule has 76 heavy (non-hydrogen) atoms. The van der Waals surface area contributed by atoms with Gasteiger partial charge in [0.25, 0.3) is 0 Å². The number of esters is 6. The Morgan fingerprint density at radius 1 is 0.395 bits per heavy atom. The highest BCUT2D eigenvalue weighted by Gasteiger charge is 2.16. The standard InChI is InChI=1S/C62H80O14/c1-47(2)59(65)73-45-21-13-15-23-57(63)71-43-19-11-7-5-9-17-41-69-53-33-29-51(30-34-53)61(67)75-55-37-25-49(26-38-55)50-27-39-56(40-28-50)76-62(68)52-31-35-54(36-32-52)70-42-18-10-6-8-12-20-44-72-58(64)24-16-14-22-46-74-60(66)48(3)4/h25-27,29-39H,1,3,5-24,28,40-46H2,2,4H3. The van der Waals surface area contributed by atoms with Crippen LogP contribution in [0.1, 0.15) is 181 Å². The van der Waals surface area contributed by atoms with E-state index in [9.17, 15) is 28.8 Å². The van der Waals surface area contributed by atoms with Crippen LogP contribution in [0.2, 0.25) is 0 Å². The van der Waals surface area contributed by atoms with E-state index in [1.54, 1.807) is 74.5 Å². The van der Waals surface area contributed by atoms with Gasteiger partial charge in [-0.1, -0.05) is 82.7 Å². The first-order chi connectivity index (χ1) is 36.9. The van der Waals surface area contributed by atoms with Crippen molar-refractivity contribution in [3.63, 3.8) is 0 Å². The van der Waals surface area contributed by atoms with Crippen molar-refractivity contribution in [3.05, 3.63) is 132 Å². The van der Waals surface area contributed by atoms with E-state index in [4.69, 9.17) is 37.9 Å². The highest BCUT2D eigenvalue weighted by molar-refractivity contribution is 5.91. The molecule has 412 valence electrons. The Balaban J connectivity index is 0.990. The first-order valence-corrected chi connectivity index (χ1v) is 27.2. The van der Waals surface area contributed by atoms with Crippen molar-refractivity contribution < 1.29 is 66.7 Å². The third-order valence-electron chi connectivity index (χ3n) is 12.3. The molecule has 0 unspecified atom stereocenters. The molecule has 0 heterocycles. The zero-order valence-corrected chi connectivity index (χ0v) is 45.0. The number of ether oxygens (including phenoxy) is 8. The lowest BCUT2D eigenvalue weighted by Gasteiger charge is -2.15. The lowest BCUT2D eigenvalue weighted by molar-refractivity contribution is -0.144. The van der Waals surface area contributed by atoms with E-state index in [0.29, 0.717) is 136 Å². The summed E-state index contributed by atoms with van der Waals surface area (Å²) < 4.78 is 43.9. The molecular formula is C62H80O14. The van der Waals surface area contributed by atoms with Crippen molar-refractivity contribution in [2.24, 2.45) is 0 Å². The number of hydrogen-bond acceptors (Lipinski definition) is 14. The number of hydrogen-bond donors (Lipinski definition) is 0. The van der Waals surface area contributed by atoms with Crippen molar-refractivity contribution in [3.8, 4) is 17.2 Å². The summed E-state index contributed by atoms with van der Waals surface area (Å²) in [5, 5.41) is 0. The van der Waals surface area contributed by atoms with Gasteiger partial charge in [0.1, 0.15) is 23.0 Å². The lowest BCUT2D eigenvalue weighted by atomic mass is 9.96. The highest BCUT2D eigenvalue weighted by atomic mass is 16.6. The summed E-state index contributed by atoms with van der Waals surface area (Å²) in [6.07, 6.45) is 22.0. The summed E-state index contributed by atoms with van der Waals surface area (Å²) in [6.45, 7) is 13.0. The van der Waals surface area contributed by atoms with Gasteiger partial charge in [0.2, 0.25) is 0 Å². The SMILES string of the molecule is C=C(C)C(=O)OCCCCCC(=O)OCCCCCCCCOc1ccc(C(=O)OC2=CC=C(c3ccc(OC(=O)c4ccc(OCCCCCCCCOC(=O)CCCCCOC(=O)C(=C)C)cc4)cc3)CC2)cc1. The smallest absolute Gasteiger partial charge is 0.343 e. The second-order valence-corrected chi connectivity index (χ2v) is 19.0. The molecule has 0 saturated heterocycles. The minimum Gasteiger partial charge on any atom is -0.494 e. The van der Waals surface area contributed by atoms with Crippen molar-refractivity contribution >= 4 is 41.4 Å². The molecule has 0 aliphatic heterocycles. The van der Waals surface area contributed by atoms with Gasteiger partial charge in [0, 0.05) is 30.4 Å². The Morgan fingerprint density at radius 2 is 0.763 bits per heavy atom. The fraction of sp³-hybridized carbons (Fsp3) is 0.484. The Morgan fingerprint density at radius 3 is 1.17 bits per heavy atom. The molecule has 0 aromatic heterocycles. The van der Waals surface area contributed by atoms with Crippen LogP contribution in [-0.2, 0) is 42.9 Å². The van der Waals surface area contributed by atoms with E-state index in [0.717, 1.165) is 101 Å². The van der Waals surface area contributed by atoms with E-state index in [1.807, 2.05) is 24.3 Å². The van der Waals surface area contributed by atoms with Gasteiger partial charge in [-0.05, 0) is 162 Å². The Kier molecular flexibility index (Phi) is 29.9. The van der Waals surface area contributed by atoms with Crippen LogP contribution in [0.5, 0.6) is 17.2 Å². The number of benzene rings is 3. The Labute approximate surface area is 450 Å². The zero-order chi connectivity index (χ0) is 54.6. The van der Waals surface area contributed by atoms with Crippen molar-refractivity contribution in [2.45, 2.75) is 155 Å². The minimum absolute atomic E-state index is 0.183. The molecule has 1 aliphatic rings. The number of unbranched alkanes of at least 4 members (excludes halogenated alkanes) is 14. The van der Waals surface area contributed by atoms with E-state index in [1.165, 1.54) is 0 Å². The lowest BCUT2D eigenvalue weighted by Crippen LogP contribution is -2.08. The molecule has 0 N–H and O–H groups in total. The van der Waals surface area contributed by atoms with Gasteiger partial charge >= 0.3 is 35.8 Å². The van der Waals surface area contributed by atoms with E-state index >= 15 is 0 Å². The summed E-state index contributed by atoms with van der Waals surface area (Å²) in [7, 11) is 0. The molecule has 4 rings (SSSR count). The normalized spacial score (nSPS) is 11.8. The fourth-order valence-corrected chi connectivity index (χ4v) is 7.79. The van der Waals surface area contributed by atoms with Crippen molar-refractivity contribution in [2.75, 3.05) is 39.6 Å². The summed E-state index contributed by atoms with van der Waals surface area (Å²) in [6, 6.07) is 21.3. The number of allylic oxidation sites excluding steroid dienone is 4. The number of rotatable bonds is 39. The molecular weight excluding hydrogens is 969 g/mol. The first-order valence-electron chi connectivity index (χ1n) is 27.2. The topological polar surface area (TPSA) is 176 Å². The van der Waals surface area contributed by atoms with Gasteiger partial charge in [0.05, 0.1) is 50.8 Å². The molecule has 0 amide bonds. The quantitative estimate of drug-likeness (QED) is 0.0173. The van der Waals surface area contributed by atoms with Gasteiger partial charge in [-0.25, -0.2) is 19.2 Å². The van der Waals surface area contributed by atoms with Crippen LogP contribution in [0, 0.1) is 0 Å². The van der Waals surface area contributed by atoms with Crippen LogP contribution in [0.3, 0.4) is 0 Å². The maximum Gasteiger partial charge on any atom is 0.343 e. The fourth-order valence-electron chi connectivity index (χ4n) is 7.79. The molecule has 0 atom stereocenters. The second kappa shape index (κ2) is 36.9. The van der Waals surface area contributed by atoms with Gasteiger partial charge in [0.15, 0.2) is 0 Å². The third-order valence-corrected chi connectivity index (χ3v) is 12.3. The first kappa shape index (κ1) is 61.6. The summed E-state index contributed by atoms with van der Waals surface area (Å²) in [4.78, 5) is 72.4. The third kappa shape index (κ3) is 26.5. The van der Waals surface area contributed by atoms with Crippen LogP contribution in [-0.4, -0.2) is 75.5 Å². The maximum atomic E-state index is 12.9. The summed E-state index contributed by atoms with van der Waals surface area (Å²) in [5.74, 6) is 0.380. The summed E-state index contributed by atoms with van der Waals surface area (Å²) in [5.41, 5.74) is 3.68. The molecule has 14 heteroatoms. The van der Waals surface area contributed by atoms with E-state index < -0.39 is 11.9 Å². The van der Waals surface area contributed by atoms with Gasteiger partial charge in [-0.2, -0.15) is 0 Å². The Hall–Kier alpha value is -6.96. The van der Waals surface area contributed by atoms with Gasteiger partial charge in [-0.15, -0.1) is 0 Å². The highest BCUT2D eigenvalue weighted by Crippen LogP contribution is 2.29. The molecule has 0 radical (unpaired) electrons. The zero-order valence-electron chi connectivity index (χ0n) is 45.0. The van der Waals surface area contributed by atoms with Crippen LogP contribution in [0.25, 0.3) is 5.57 Å². The molecule has 3 aromatic rings. The second-order valence-electron chi connectivity index (χ2n) is 19.0.